The SMILES string of the molecule is Cc1nnc(SC(C)C(=O)Nc2cccc(C(F)(F)F)c2)n1-c1ccccc1. The van der Waals surface area contributed by atoms with Crippen molar-refractivity contribution >= 4 is 23.4 Å². The molecule has 3 rings (SSSR count). The molecule has 1 amide bonds. The molecule has 28 heavy (non-hydrogen) atoms. The quantitative estimate of drug-likeness (QED) is 0.623. The summed E-state index contributed by atoms with van der Waals surface area (Å²) >= 11 is 1.18. The lowest BCUT2D eigenvalue weighted by Gasteiger charge is -2.14. The van der Waals surface area contributed by atoms with Gasteiger partial charge < -0.3 is 5.32 Å². The van der Waals surface area contributed by atoms with Crippen LogP contribution in [0, 0.1) is 6.92 Å². The molecule has 3 aromatic rings. The van der Waals surface area contributed by atoms with Gasteiger partial charge in [-0.2, -0.15) is 13.2 Å². The average molecular weight is 406 g/mol. The minimum Gasteiger partial charge on any atom is -0.325 e. The number of nitrogens with one attached hydrogen (secondary N) is 1. The van der Waals surface area contributed by atoms with Gasteiger partial charge in [0.1, 0.15) is 5.82 Å². The van der Waals surface area contributed by atoms with Gasteiger partial charge in [-0.15, -0.1) is 10.2 Å². The number of rotatable bonds is 5. The van der Waals surface area contributed by atoms with E-state index in [1.54, 1.807) is 13.8 Å². The van der Waals surface area contributed by atoms with E-state index < -0.39 is 22.9 Å². The lowest BCUT2D eigenvalue weighted by molar-refractivity contribution is -0.137. The van der Waals surface area contributed by atoms with Crippen LogP contribution in [0.2, 0.25) is 0 Å². The van der Waals surface area contributed by atoms with E-state index in [9.17, 15) is 18.0 Å². The van der Waals surface area contributed by atoms with Gasteiger partial charge in [0.25, 0.3) is 0 Å². The maximum Gasteiger partial charge on any atom is 0.416 e. The summed E-state index contributed by atoms with van der Waals surface area (Å²) < 4.78 is 40.3. The molecule has 0 spiro atoms. The van der Waals surface area contributed by atoms with Crippen molar-refractivity contribution in [3.05, 3.63) is 66.0 Å². The molecule has 9 heteroatoms. The second-order valence-electron chi connectivity index (χ2n) is 6.03. The van der Waals surface area contributed by atoms with Crippen LogP contribution in [0.15, 0.2) is 59.8 Å². The molecule has 1 aromatic heterocycles. The summed E-state index contributed by atoms with van der Waals surface area (Å²) in [6, 6.07) is 14.0. The molecule has 0 radical (unpaired) electrons. The molecule has 0 saturated carbocycles. The molecule has 0 aliphatic heterocycles. The molecule has 0 aliphatic carbocycles. The molecule has 1 unspecified atom stereocenters. The van der Waals surface area contributed by atoms with Crippen molar-refractivity contribution < 1.29 is 18.0 Å². The maximum atomic E-state index is 12.8. The van der Waals surface area contributed by atoms with E-state index in [4.69, 9.17) is 0 Å². The van der Waals surface area contributed by atoms with Crippen molar-refractivity contribution in [1.82, 2.24) is 14.8 Å². The number of hydrogen-bond acceptors (Lipinski definition) is 4. The second-order valence-corrected chi connectivity index (χ2v) is 7.34. The first-order chi connectivity index (χ1) is 13.3. The molecule has 0 saturated heterocycles. The summed E-state index contributed by atoms with van der Waals surface area (Å²) in [6.07, 6.45) is -4.47. The van der Waals surface area contributed by atoms with E-state index in [-0.39, 0.29) is 5.69 Å². The van der Waals surface area contributed by atoms with Crippen molar-refractivity contribution in [2.75, 3.05) is 5.32 Å². The van der Waals surface area contributed by atoms with Gasteiger partial charge in [-0.1, -0.05) is 36.0 Å². The summed E-state index contributed by atoms with van der Waals surface area (Å²) in [5, 5.41) is 10.6. The number of hydrogen-bond donors (Lipinski definition) is 1. The Morgan fingerprint density at radius 2 is 1.82 bits per heavy atom. The van der Waals surface area contributed by atoms with Crippen LogP contribution in [-0.2, 0) is 11.0 Å². The Morgan fingerprint density at radius 3 is 2.50 bits per heavy atom. The number of aromatic nitrogens is 3. The molecule has 1 atom stereocenters. The number of nitrogens with zero attached hydrogens (tertiary/aromatic N) is 3. The molecule has 0 fully saturated rings. The van der Waals surface area contributed by atoms with E-state index in [0.29, 0.717) is 11.0 Å². The van der Waals surface area contributed by atoms with E-state index in [1.807, 2.05) is 34.9 Å². The van der Waals surface area contributed by atoms with Crippen LogP contribution in [0.1, 0.15) is 18.3 Å². The van der Waals surface area contributed by atoms with Gasteiger partial charge >= 0.3 is 6.18 Å². The highest BCUT2D eigenvalue weighted by Gasteiger charge is 2.30. The fraction of sp³-hybridized carbons (Fsp3) is 0.211. The molecular formula is C19H17F3N4OS. The van der Waals surface area contributed by atoms with E-state index >= 15 is 0 Å². The average Bonchev–Trinajstić information content (AvgIpc) is 3.02. The first-order valence-corrected chi connectivity index (χ1v) is 9.26. The van der Waals surface area contributed by atoms with Gasteiger partial charge in [-0.3, -0.25) is 9.36 Å². The third-order valence-electron chi connectivity index (χ3n) is 3.92. The zero-order valence-corrected chi connectivity index (χ0v) is 15.9. The van der Waals surface area contributed by atoms with Crippen LogP contribution in [0.25, 0.3) is 5.69 Å². The first kappa shape index (κ1) is 19.9. The summed E-state index contributed by atoms with van der Waals surface area (Å²) in [7, 11) is 0. The number of para-hydroxylation sites is 1. The largest absolute Gasteiger partial charge is 0.416 e. The molecular weight excluding hydrogens is 389 g/mol. The van der Waals surface area contributed by atoms with Gasteiger partial charge in [-0.05, 0) is 44.2 Å². The Balaban J connectivity index is 1.74. The Bertz CT molecular complexity index is 973. The summed E-state index contributed by atoms with van der Waals surface area (Å²) in [5.74, 6) is 0.240. The highest BCUT2D eigenvalue weighted by molar-refractivity contribution is 8.00. The van der Waals surface area contributed by atoms with Crippen molar-refractivity contribution in [2.45, 2.75) is 30.4 Å². The molecule has 146 valence electrons. The van der Waals surface area contributed by atoms with Gasteiger partial charge in [0.15, 0.2) is 5.16 Å². The number of amides is 1. The first-order valence-electron chi connectivity index (χ1n) is 8.38. The summed E-state index contributed by atoms with van der Waals surface area (Å²) in [6.45, 7) is 3.46. The summed E-state index contributed by atoms with van der Waals surface area (Å²) in [4.78, 5) is 12.5. The van der Waals surface area contributed by atoms with Crippen molar-refractivity contribution in [3.8, 4) is 5.69 Å². The van der Waals surface area contributed by atoms with Crippen LogP contribution in [0.4, 0.5) is 18.9 Å². The monoisotopic (exact) mass is 406 g/mol. The Hall–Kier alpha value is -2.81. The number of carbonyl (C=O) groups excluding carboxylic acids is 1. The lowest BCUT2D eigenvalue weighted by atomic mass is 10.2. The smallest absolute Gasteiger partial charge is 0.325 e. The number of benzene rings is 2. The number of carbonyl (C=O) groups is 1. The van der Waals surface area contributed by atoms with Crippen molar-refractivity contribution in [2.24, 2.45) is 0 Å². The van der Waals surface area contributed by atoms with E-state index in [0.717, 1.165) is 17.8 Å². The minimum atomic E-state index is -4.47. The zero-order valence-electron chi connectivity index (χ0n) is 15.1. The van der Waals surface area contributed by atoms with Crippen LogP contribution in [0.3, 0.4) is 0 Å². The fourth-order valence-corrected chi connectivity index (χ4v) is 3.44. The topological polar surface area (TPSA) is 59.8 Å². The number of aryl methyl sites for hydroxylation is 1. The third-order valence-corrected chi connectivity index (χ3v) is 4.96. The van der Waals surface area contributed by atoms with Gasteiger partial charge in [0.05, 0.1) is 10.8 Å². The number of anilines is 1. The Labute approximate surface area is 164 Å². The van der Waals surface area contributed by atoms with Crippen LogP contribution in [-0.4, -0.2) is 25.9 Å². The van der Waals surface area contributed by atoms with Gasteiger partial charge in [0.2, 0.25) is 5.91 Å². The predicted molar refractivity (Wildman–Crippen MR) is 101 cm³/mol. The molecule has 2 aromatic carbocycles. The van der Waals surface area contributed by atoms with Crippen molar-refractivity contribution in [1.29, 1.82) is 0 Å². The number of thioether (sulfide) groups is 1. The molecule has 0 aliphatic rings. The third kappa shape index (κ3) is 4.53. The highest BCUT2D eigenvalue weighted by atomic mass is 32.2. The van der Waals surface area contributed by atoms with Gasteiger partial charge in [0, 0.05) is 11.4 Å². The molecule has 0 bridgehead atoms. The standard InChI is InChI=1S/C19H17F3N4OS/c1-12(17(27)23-15-8-6-7-14(11-15)19(20,21)22)28-18-25-24-13(2)26(18)16-9-4-3-5-10-16/h3-12H,1-2H3,(H,23,27). The normalized spacial score (nSPS) is 12.6. The van der Waals surface area contributed by atoms with Crippen LogP contribution < -0.4 is 5.32 Å². The van der Waals surface area contributed by atoms with Gasteiger partial charge in [-0.25, -0.2) is 0 Å². The molecule has 1 N–H and O–H groups in total. The predicted octanol–water partition coefficient (Wildman–Crippen LogP) is 4.71. The second kappa shape index (κ2) is 8.05. The fourth-order valence-electron chi connectivity index (χ4n) is 2.52. The lowest BCUT2D eigenvalue weighted by Crippen LogP contribution is -2.23. The molecule has 5 nitrogen and oxygen atoms in total. The van der Waals surface area contributed by atoms with E-state index in [1.165, 1.54) is 23.9 Å². The van der Waals surface area contributed by atoms with Crippen molar-refractivity contribution in [3.63, 3.8) is 0 Å². The number of alkyl halides is 3. The van der Waals surface area contributed by atoms with E-state index in [2.05, 4.69) is 15.5 Å². The Morgan fingerprint density at radius 1 is 1.11 bits per heavy atom. The molecule has 1 heterocycles. The summed E-state index contributed by atoms with van der Waals surface area (Å²) in [5.41, 5.74) is 0.135. The highest BCUT2D eigenvalue weighted by Crippen LogP contribution is 2.31. The Kier molecular flexibility index (Phi) is 5.73. The van der Waals surface area contributed by atoms with Crippen LogP contribution in [0.5, 0.6) is 0 Å². The van der Waals surface area contributed by atoms with Crippen LogP contribution >= 0.6 is 11.8 Å². The zero-order chi connectivity index (χ0) is 20.3. The maximum absolute atomic E-state index is 12.8. The number of halogens is 3. The minimum absolute atomic E-state index is 0.0907.